The minimum absolute atomic E-state index is 0.202. The van der Waals surface area contributed by atoms with E-state index in [-0.39, 0.29) is 12.3 Å². The molecule has 2 rings (SSSR count). The predicted molar refractivity (Wildman–Crippen MR) is 106 cm³/mol. The van der Waals surface area contributed by atoms with Crippen molar-refractivity contribution in [3.8, 4) is 11.5 Å². The molecule has 0 heterocycles. The van der Waals surface area contributed by atoms with Crippen molar-refractivity contribution >= 4 is 41.3 Å². The average Bonchev–Trinajstić information content (AvgIpc) is 2.73. The SMILES string of the molecule is COC(=O)COc1ccc(/C=N\NC(=O)C(=O)Nc2cc(Cl)ccc2OC)cc1. The van der Waals surface area contributed by atoms with Crippen molar-refractivity contribution in [1.29, 1.82) is 0 Å². The highest BCUT2D eigenvalue weighted by Gasteiger charge is 2.15. The number of hydrogen-bond donors (Lipinski definition) is 2. The number of carbonyl (C=O) groups is 3. The second-order valence-corrected chi connectivity index (χ2v) is 5.87. The number of ether oxygens (including phenoxy) is 3. The third kappa shape index (κ3) is 6.82. The fourth-order valence-corrected chi connectivity index (χ4v) is 2.20. The van der Waals surface area contributed by atoms with Crippen LogP contribution in [0.3, 0.4) is 0 Å². The number of carbonyl (C=O) groups excluding carboxylic acids is 3. The lowest BCUT2D eigenvalue weighted by molar-refractivity contribution is -0.142. The summed E-state index contributed by atoms with van der Waals surface area (Å²) in [7, 11) is 2.69. The molecule has 0 aliphatic carbocycles. The largest absolute Gasteiger partial charge is 0.495 e. The molecule has 9 nitrogen and oxygen atoms in total. The summed E-state index contributed by atoms with van der Waals surface area (Å²) in [6.45, 7) is -0.202. The average molecular weight is 420 g/mol. The van der Waals surface area contributed by atoms with Crippen LogP contribution in [0.25, 0.3) is 0 Å². The van der Waals surface area contributed by atoms with E-state index in [1.165, 1.54) is 26.5 Å². The number of esters is 1. The van der Waals surface area contributed by atoms with E-state index < -0.39 is 17.8 Å². The van der Waals surface area contributed by atoms with Crippen LogP contribution < -0.4 is 20.2 Å². The van der Waals surface area contributed by atoms with Gasteiger partial charge in [0.1, 0.15) is 11.5 Å². The number of methoxy groups -OCH3 is 2. The molecule has 0 fully saturated rings. The molecule has 0 radical (unpaired) electrons. The number of amides is 2. The standard InChI is InChI=1S/C19H18ClN3O6/c1-27-16-8-5-13(20)9-15(16)22-18(25)19(26)23-21-10-12-3-6-14(7-4-12)29-11-17(24)28-2/h3-10H,11H2,1-2H3,(H,22,25)(H,23,26)/b21-10-. The highest BCUT2D eigenvalue weighted by molar-refractivity contribution is 6.40. The summed E-state index contributed by atoms with van der Waals surface area (Å²) in [4.78, 5) is 34.9. The Hall–Kier alpha value is -3.59. The summed E-state index contributed by atoms with van der Waals surface area (Å²) in [6, 6.07) is 11.1. The third-order valence-corrected chi connectivity index (χ3v) is 3.70. The summed E-state index contributed by atoms with van der Waals surface area (Å²) in [5.74, 6) is -1.58. The molecule has 0 spiro atoms. The first-order valence-electron chi connectivity index (χ1n) is 8.20. The molecule has 2 aromatic rings. The molecule has 2 N–H and O–H groups in total. The fourth-order valence-electron chi connectivity index (χ4n) is 2.02. The van der Waals surface area contributed by atoms with Crippen LogP contribution in [-0.4, -0.2) is 44.8 Å². The van der Waals surface area contributed by atoms with Gasteiger partial charge in [-0.2, -0.15) is 5.10 Å². The third-order valence-electron chi connectivity index (χ3n) is 3.46. The van der Waals surface area contributed by atoms with Gasteiger partial charge in [-0.1, -0.05) is 11.6 Å². The van der Waals surface area contributed by atoms with Crippen LogP contribution in [0, 0.1) is 0 Å². The van der Waals surface area contributed by atoms with Crippen LogP contribution in [0.5, 0.6) is 11.5 Å². The van der Waals surface area contributed by atoms with Gasteiger partial charge in [-0.15, -0.1) is 0 Å². The Balaban J connectivity index is 1.88. The number of benzene rings is 2. The van der Waals surface area contributed by atoms with Gasteiger partial charge in [-0.25, -0.2) is 10.2 Å². The van der Waals surface area contributed by atoms with Crippen LogP contribution >= 0.6 is 11.6 Å². The van der Waals surface area contributed by atoms with Gasteiger partial charge in [0, 0.05) is 5.02 Å². The topological polar surface area (TPSA) is 115 Å². The second-order valence-electron chi connectivity index (χ2n) is 5.43. The summed E-state index contributed by atoms with van der Waals surface area (Å²) >= 11 is 5.88. The number of halogens is 1. The molecule has 29 heavy (non-hydrogen) atoms. The lowest BCUT2D eigenvalue weighted by atomic mass is 10.2. The Bertz CT molecular complexity index is 915. The van der Waals surface area contributed by atoms with Gasteiger partial charge in [0.2, 0.25) is 0 Å². The van der Waals surface area contributed by atoms with Crippen LogP contribution in [0.4, 0.5) is 5.69 Å². The molecule has 0 aromatic heterocycles. The van der Waals surface area contributed by atoms with Crippen molar-refractivity contribution in [2.24, 2.45) is 5.10 Å². The molecule has 0 aliphatic heterocycles. The Morgan fingerprint density at radius 3 is 2.45 bits per heavy atom. The van der Waals surface area contributed by atoms with E-state index in [1.807, 2.05) is 0 Å². The first-order chi connectivity index (χ1) is 13.9. The van der Waals surface area contributed by atoms with Crippen molar-refractivity contribution in [2.75, 3.05) is 26.1 Å². The van der Waals surface area contributed by atoms with Gasteiger partial charge < -0.3 is 19.5 Å². The zero-order valence-corrected chi connectivity index (χ0v) is 16.4. The van der Waals surface area contributed by atoms with Crippen LogP contribution in [0.2, 0.25) is 5.02 Å². The number of anilines is 1. The molecule has 2 amide bonds. The Morgan fingerprint density at radius 2 is 1.79 bits per heavy atom. The molecular weight excluding hydrogens is 402 g/mol. The molecular formula is C19H18ClN3O6. The van der Waals surface area contributed by atoms with Crippen molar-refractivity contribution in [2.45, 2.75) is 0 Å². The number of hydrogen-bond acceptors (Lipinski definition) is 7. The van der Waals surface area contributed by atoms with E-state index in [9.17, 15) is 14.4 Å². The highest BCUT2D eigenvalue weighted by Crippen LogP contribution is 2.27. The van der Waals surface area contributed by atoms with Crippen LogP contribution in [0.1, 0.15) is 5.56 Å². The molecule has 0 saturated carbocycles. The lowest BCUT2D eigenvalue weighted by Gasteiger charge is -2.09. The molecule has 152 valence electrons. The number of nitrogens with one attached hydrogen (secondary N) is 2. The van der Waals surface area contributed by atoms with Crippen molar-refractivity contribution in [3.05, 3.63) is 53.1 Å². The van der Waals surface area contributed by atoms with E-state index in [4.69, 9.17) is 21.1 Å². The highest BCUT2D eigenvalue weighted by atomic mass is 35.5. The molecule has 0 aliphatic rings. The maximum atomic E-state index is 12.0. The van der Waals surface area contributed by atoms with Crippen molar-refractivity contribution in [3.63, 3.8) is 0 Å². The van der Waals surface area contributed by atoms with Gasteiger partial charge in [0.05, 0.1) is 26.1 Å². The summed E-state index contributed by atoms with van der Waals surface area (Å²) in [5, 5.41) is 6.50. The fraction of sp³-hybridized carbons (Fsp3) is 0.158. The van der Waals surface area contributed by atoms with E-state index >= 15 is 0 Å². The van der Waals surface area contributed by atoms with Gasteiger partial charge >= 0.3 is 17.8 Å². The molecule has 0 atom stereocenters. The molecule has 10 heteroatoms. The van der Waals surface area contributed by atoms with E-state index in [0.717, 1.165) is 0 Å². The van der Waals surface area contributed by atoms with Crippen molar-refractivity contribution in [1.82, 2.24) is 5.43 Å². The Labute approximate surface area is 171 Å². The predicted octanol–water partition coefficient (Wildman–Crippen LogP) is 1.99. The lowest BCUT2D eigenvalue weighted by Crippen LogP contribution is -2.32. The molecule has 0 saturated heterocycles. The zero-order chi connectivity index (χ0) is 21.2. The molecule has 0 bridgehead atoms. The molecule has 2 aromatic carbocycles. The monoisotopic (exact) mass is 419 g/mol. The minimum atomic E-state index is -0.971. The summed E-state index contributed by atoms with van der Waals surface area (Å²) in [6.07, 6.45) is 1.34. The van der Waals surface area contributed by atoms with Crippen LogP contribution in [0.15, 0.2) is 47.6 Å². The van der Waals surface area contributed by atoms with E-state index in [0.29, 0.717) is 22.1 Å². The second kappa shape index (κ2) is 10.7. The summed E-state index contributed by atoms with van der Waals surface area (Å²) < 4.78 is 14.8. The smallest absolute Gasteiger partial charge is 0.343 e. The van der Waals surface area contributed by atoms with Crippen molar-refractivity contribution < 1.29 is 28.6 Å². The zero-order valence-electron chi connectivity index (χ0n) is 15.6. The first kappa shape index (κ1) is 21.7. The summed E-state index contributed by atoms with van der Waals surface area (Å²) in [5.41, 5.74) is 3.01. The van der Waals surface area contributed by atoms with E-state index in [2.05, 4.69) is 20.6 Å². The molecule has 0 unspecified atom stereocenters. The maximum Gasteiger partial charge on any atom is 0.343 e. The van der Waals surface area contributed by atoms with E-state index in [1.54, 1.807) is 36.4 Å². The minimum Gasteiger partial charge on any atom is -0.495 e. The normalized spacial score (nSPS) is 10.3. The first-order valence-corrected chi connectivity index (χ1v) is 8.58. The Kier molecular flexibility index (Phi) is 7.99. The van der Waals surface area contributed by atoms with Crippen LogP contribution in [-0.2, 0) is 19.1 Å². The number of hydrazone groups is 1. The van der Waals surface area contributed by atoms with Gasteiger partial charge in [0.15, 0.2) is 6.61 Å². The van der Waals surface area contributed by atoms with Gasteiger partial charge in [-0.3, -0.25) is 9.59 Å². The Morgan fingerprint density at radius 1 is 1.07 bits per heavy atom. The maximum absolute atomic E-state index is 12.0. The number of nitrogens with zero attached hydrogens (tertiary/aromatic N) is 1. The van der Waals surface area contributed by atoms with Gasteiger partial charge in [-0.05, 0) is 48.0 Å². The quantitative estimate of drug-likeness (QED) is 0.307. The van der Waals surface area contributed by atoms with Gasteiger partial charge in [0.25, 0.3) is 0 Å². The number of rotatable bonds is 7.